The standard InChI is InChI=1S/C22H32N4O4S2/c1-4-29-19-11-17-6-8-25(13-18(17)12-20(19)30-5-2)15-26-22(31)24(3)21(23-26)10-16-7-9-32(27,28)14-16/h11-12,16H,4-10,13-15H2,1-3H3/t16-/m0/s1. The molecule has 3 heterocycles. The van der Waals surface area contributed by atoms with E-state index in [1.807, 2.05) is 30.1 Å². The number of aromatic nitrogens is 3. The summed E-state index contributed by atoms with van der Waals surface area (Å²) in [6.07, 6.45) is 2.28. The maximum Gasteiger partial charge on any atom is 0.198 e. The Bertz CT molecular complexity index is 1140. The van der Waals surface area contributed by atoms with Gasteiger partial charge in [-0.25, -0.2) is 13.1 Å². The summed E-state index contributed by atoms with van der Waals surface area (Å²) in [5.41, 5.74) is 2.53. The maximum atomic E-state index is 11.8. The van der Waals surface area contributed by atoms with Gasteiger partial charge in [-0.1, -0.05) is 0 Å². The van der Waals surface area contributed by atoms with Crippen LogP contribution in [0.25, 0.3) is 0 Å². The van der Waals surface area contributed by atoms with Crippen LogP contribution < -0.4 is 9.47 Å². The predicted octanol–water partition coefficient (Wildman–Crippen LogP) is 2.74. The first kappa shape index (κ1) is 23.3. The Morgan fingerprint density at radius 2 is 1.84 bits per heavy atom. The number of sulfone groups is 1. The predicted molar refractivity (Wildman–Crippen MR) is 125 cm³/mol. The summed E-state index contributed by atoms with van der Waals surface area (Å²) in [6, 6.07) is 4.21. The molecular formula is C22H32N4O4S2. The van der Waals surface area contributed by atoms with Gasteiger partial charge in [0, 0.05) is 26.6 Å². The molecule has 1 fully saturated rings. The van der Waals surface area contributed by atoms with Crippen molar-refractivity contribution < 1.29 is 17.9 Å². The average molecular weight is 481 g/mol. The van der Waals surface area contributed by atoms with Gasteiger partial charge < -0.3 is 14.0 Å². The lowest BCUT2D eigenvalue weighted by Gasteiger charge is -2.29. The number of nitrogens with zero attached hydrogens (tertiary/aromatic N) is 4. The third kappa shape index (κ3) is 5.02. The van der Waals surface area contributed by atoms with Crippen molar-refractivity contribution in [3.63, 3.8) is 0 Å². The normalized spacial score (nSPS) is 20.3. The highest BCUT2D eigenvalue weighted by atomic mass is 32.2. The molecule has 176 valence electrons. The zero-order valence-electron chi connectivity index (χ0n) is 19.0. The highest BCUT2D eigenvalue weighted by Crippen LogP contribution is 2.34. The second kappa shape index (κ2) is 9.52. The van der Waals surface area contributed by atoms with Gasteiger partial charge in [0.25, 0.3) is 0 Å². The Kier molecular flexibility index (Phi) is 6.92. The fraction of sp³-hybridized carbons (Fsp3) is 0.636. The van der Waals surface area contributed by atoms with Gasteiger partial charge in [-0.2, -0.15) is 5.10 Å². The summed E-state index contributed by atoms with van der Waals surface area (Å²) in [4.78, 5) is 2.32. The minimum Gasteiger partial charge on any atom is -0.490 e. The third-order valence-electron chi connectivity index (χ3n) is 6.22. The average Bonchev–Trinajstić information content (AvgIpc) is 3.22. The quantitative estimate of drug-likeness (QED) is 0.538. The van der Waals surface area contributed by atoms with Crippen LogP contribution in [0.3, 0.4) is 0 Å². The van der Waals surface area contributed by atoms with Gasteiger partial charge in [-0.15, -0.1) is 0 Å². The van der Waals surface area contributed by atoms with Crippen molar-refractivity contribution >= 4 is 22.1 Å². The molecule has 0 spiro atoms. The zero-order valence-corrected chi connectivity index (χ0v) is 20.7. The lowest BCUT2D eigenvalue weighted by molar-refractivity contribution is 0.186. The van der Waals surface area contributed by atoms with E-state index in [1.54, 1.807) is 0 Å². The Hall–Kier alpha value is -1.91. The van der Waals surface area contributed by atoms with Crippen LogP contribution in [0.2, 0.25) is 0 Å². The van der Waals surface area contributed by atoms with Crippen LogP contribution >= 0.6 is 12.2 Å². The Morgan fingerprint density at radius 3 is 2.47 bits per heavy atom. The minimum atomic E-state index is -2.89. The van der Waals surface area contributed by atoms with Crippen LogP contribution in [0.1, 0.15) is 37.2 Å². The Labute approximate surface area is 195 Å². The van der Waals surface area contributed by atoms with E-state index in [4.69, 9.17) is 26.8 Å². The van der Waals surface area contributed by atoms with Crippen LogP contribution in [0, 0.1) is 10.7 Å². The highest BCUT2D eigenvalue weighted by molar-refractivity contribution is 7.91. The summed E-state index contributed by atoms with van der Waals surface area (Å²) in [5, 5.41) is 4.75. The third-order valence-corrected chi connectivity index (χ3v) is 8.54. The molecule has 10 heteroatoms. The fourth-order valence-corrected chi connectivity index (χ4v) is 6.63. The van der Waals surface area contributed by atoms with Crippen molar-refractivity contribution in [2.24, 2.45) is 13.0 Å². The first-order chi connectivity index (χ1) is 15.3. The molecule has 1 aromatic carbocycles. The highest BCUT2D eigenvalue weighted by Gasteiger charge is 2.29. The minimum absolute atomic E-state index is 0.127. The maximum absolute atomic E-state index is 11.8. The molecule has 0 aliphatic carbocycles. The molecule has 0 amide bonds. The van der Waals surface area contributed by atoms with Crippen molar-refractivity contribution in [2.45, 2.75) is 46.3 Å². The summed E-state index contributed by atoms with van der Waals surface area (Å²) < 4.78 is 39.6. The zero-order chi connectivity index (χ0) is 22.9. The van der Waals surface area contributed by atoms with Crippen molar-refractivity contribution in [1.82, 2.24) is 19.2 Å². The van der Waals surface area contributed by atoms with E-state index in [0.717, 1.165) is 36.8 Å². The van der Waals surface area contributed by atoms with Crippen LogP contribution in [-0.2, 0) is 42.9 Å². The summed E-state index contributed by atoms with van der Waals surface area (Å²) >= 11 is 5.63. The van der Waals surface area contributed by atoms with Gasteiger partial charge in [0.2, 0.25) is 0 Å². The van der Waals surface area contributed by atoms with E-state index >= 15 is 0 Å². The van der Waals surface area contributed by atoms with Gasteiger partial charge >= 0.3 is 0 Å². The lowest BCUT2D eigenvalue weighted by Crippen LogP contribution is -2.33. The topological polar surface area (TPSA) is 78.6 Å². The van der Waals surface area contributed by atoms with Crippen LogP contribution in [-0.4, -0.2) is 58.9 Å². The van der Waals surface area contributed by atoms with E-state index in [1.165, 1.54) is 11.1 Å². The molecule has 0 N–H and O–H groups in total. The van der Waals surface area contributed by atoms with Crippen LogP contribution in [0.5, 0.6) is 11.5 Å². The molecule has 1 aromatic heterocycles. The molecule has 4 rings (SSSR count). The Balaban J connectivity index is 1.48. The van der Waals surface area contributed by atoms with Gasteiger partial charge in [-0.3, -0.25) is 4.90 Å². The number of benzene rings is 1. The molecule has 0 unspecified atom stereocenters. The van der Waals surface area contributed by atoms with E-state index < -0.39 is 9.84 Å². The van der Waals surface area contributed by atoms with Gasteiger partial charge in [-0.05, 0) is 68.1 Å². The van der Waals surface area contributed by atoms with E-state index in [9.17, 15) is 8.42 Å². The van der Waals surface area contributed by atoms with E-state index in [2.05, 4.69) is 17.0 Å². The Morgan fingerprint density at radius 1 is 1.16 bits per heavy atom. The molecule has 2 aromatic rings. The smallest absolute Gasteiger partial charge is 0.198 e. The monoisotopic (exact) mass is 480 g/mol. The number of rotatable bonds is 8. The number of fused-ring (bicyclic) bond motifs is 1. The SMILES string of the molecule is CCOc1cc2c(cc1OCC)CN(Cn1nc(C[C@@H]3CCS(=O)(=O)C3)n(C)c1=S)CC2. The molecule has 8 nitrogen and oxygen atoms in total. The summed E-state index contributed by atoms with van der Waals surface area (Å²) in [6.45, 7) is 7.45. The van der Waals surface area contributed by atoms with Crippen LogP contribution in [0.4, 0.5) is 0 Å². The lowest BCUT2D eigenvalue weighted by atomic mass is 9.99. The number of ether oxygens (including phenoxy) is 2. The van der Waals surface area contributed by atoms with Crippen molar-refractivity contribution in [3.8, 4) is 11.5 Å². The van der Waals surface area contributed by atoms with Gasteiger partial charge in [0.1, 0.15) is 5.82 Å². The number of hydrogen-bond acceptors (Lipinski definition) is 7. The van der Waals surface area contributed by atoms with Gasteiger partial charge in [0.15, 0.2) is 26.1 Å². The first-order valence-electron chi connectivity index (χ1n) is 11.3. The van der Waals surface area contributed by atoms with Gasteiger partial charge in [0.05, 0.1) is 31.4 Å². The largest absolute Gasteiger partial charge is 0.490 e. The molecule has 0 radical (unpaired) electrons. The molecule has 0 saturated carbocycles. The van der Waals surface area contributed by atoms with E-state index in [-0.39, 0.29) is 17.4 Å². The summed E-state index contributed by atoms with van der Waals surface area (Å²) in [5.74, 6) is 3.12. The van der Waals surface area contributed by atoms with Crippen LogP contribution in [0.15, 0.2) is 12.1 Å². The molecule has 32 heavy (non-hydrogen) atoms. The molecule has 0 bridgehead atoms. The molecule has 2 aliphatic rings. The first-order valence-corrected chi connectivity index (χ1v) is 13.5. The van der Waals surface area contributed by atoms with Crippen molar-refractivity contribution in [3.05, 3.63) is 33.9 Å². The second-order valence-electron chi connectivity index (χ2n) is 8.61. The second-order valence-corrected chi connectivity index (χ2v) is 11.2. The molecule has 2 aliphatic heterocycles. The van der Waals surface area contributed by atoms with Crippen molar-refractivity contribution in [1.29, 1.82) is 0 Å². The fourth-order valence-electron chi connectivity index (χ4n) is 4.56. The molecular weight excluding hydrogens is 448 g/mol. The molecule has 1 atom stereocenters. The van der Waals surface area contributed by atoms with E-state index in [0.29, 0.717) is 37.5 Å². The van der Waals surface area contributed by atoms with Crippen molar-refractivity contribution in [2.75, 3.05) is 31.3 Å². The molecule has 1 saturated heterocycles. The number of hydrogen-bond donors (Lipinski definition) is 0. The summed E-state index contributed by atoms with van der Waals surface area (Å²) in [7, 11) is -0.978.